The van der Waals surface area contributed by atoms with Gasteiger partial charge in [0.15, 0.2) is 0 Å². The summed E-state index contributed by atoms with van der Waals surface area (Å²) in [6, 6.07) is 0. The molecule has 0 aromatic carbocycles. The minimum Gasteiger partial charge on any atom is -0.103 e. The van der Waals surface area contributed by atoms with Crippen molar-refractivity contribution in [1.29, 1.82) is 0 Å². The lowest BCUT2D eigenvalue weighted by molar-refractivity contribution is 0.678. The Kier molecular flexibility index (Phi) is 12.2. The van der Waals surface area contributed by atoms with Gasteiger partial charge < -0.3 is 0 Å². The molecule has 0 saturated heterocycles. The summed E-state index contributed by atoms with van der Waals surface area (Å²) in [5, 5.41) is 0. The van der Waals surface area contributed by atoms with E-state index in [1.807, 2.05) is 0 Å². The summed E-state index contributed by atoms with van der Waals surface area (Å²) >= 11 is 0. The monoisotopic (exact) mass is 193 g/mol. The summed E-state index contributed by atoms with van der Waals surface area (Å²) in [4.78, 5) is 0. The highest BCUT2D eigenvalue weighted by Crippen LogP contribution is 2.02. The van der Waals surface area contributed by atoms with Crippen molar-refractivity contribution in [2.24, 2.45) is 0 Å². The molecule has 0 amide bonds. The maximum absolute atomic E-state index is 3.83. The molecule has 0 nitrogen and oxygen atoms in total. The van der Waals surface area contributed by atoms with Crippen molar-refractivity contribution in [2.45, 2.75) is 71.1 Å². The van der Waals surface area contributed by atoms with Crippen LogP contribution in [0.2, 0.25) is 0 Å². The second-order valence-corrected chi connectivity index (χ2v) is 3.83. The van der Waals surface area contributed by atoms with E-state index in [-0.39, 0.29) is 0 Å². The average molecular weight is 193 g/mol. The third-order valence-corrected chi connectivity index (χ3v) is 2.33. The average Bonchev–Trinajstić information content (AvgIpc) is 2.21. The summed E-state index contributed by atoms with van der Waals surface area (Å²) in [6.45, 7) is 6.07. The van der Waals surface area contributed by atoms with Gasteiger partial charge in [0.2, 0.25) is 0 Å². The van der Waals surface area contributed by atoms with Crippen LogP contribution in [0.15, 0.2) is 0 Å². The van der Waals surface area contributed by atoms with Gasteiger partial charge in [-0.3, -0.25) is 0 Å². The van der Waals surface area contributed by atoms with Gasteiger partial charge in [0.05, 0.1) is 0 Å². The highest BCUT2D eigenvalue weighted by Gasteiger charge is 1.85. The molecule has 0 unspecified atom stereocenters. The Hall–Kier alpha value is -0.440. The predicted molar refractivity (Wildman–Crippen MR) is 65.0 cm³/mol. The number of unbranched alkanes of at least 4 members (excludes halogenated alkanes) is 8. The molecule has 0 bridgehead atoms. The van der Waals surface area contributed by atoms with Gasteiger partial charge in [-0.05, 0) is 12.8 Å². The standard InChI is InChI=1S/C14H25/c1-3-5-7-9-11-13-14-12-10-8-6-4-2/h1,3-12H2,2H3. The lowest BCUT2D eigenvalue weighted by Gasteiger charge is -1.93. The molecule has 0 aliphatic heterocycles. The van der Waals surface area contributed by atoms with Gasteiger partial charge >= 0.3 is 0 Å². The summed E-state index contributed by atoms with van der Waals surface area (Å²) in [5.41, 5.74) is 0. The Labute approximate surface area is 90.5 Å². The molecule has 14 heavy (non-hydrogen) atoms. The second-order valence-electron chi connectivity index (χ2n) is 3.83. The third-order valence-electron chi connectivity index (χ3n) is 2.33. The molecule has 0 spiro atoms. The lowest BCUT2D eigenvalue weighted by Crippen LogP contribution is -1.76. The molecule has 1 radical (unpaired) electrons. The molecule has 0 aromatic heterocycles. The molecule has 0 rings (SSSR count). The van der Waals surface area contributed by atoms with E-state index in [1.54, 1.807) is 0 Å². The molecule has 0 heteroatoms. The fourth-order valence-corrected chi connectivity index (χ4v) is 1.38. The smallest absolute Gasteiger partial charge is 0.00886 e. The van der Waals surface area contributed by atoms with Crippen LogP contribution < -0.4 is 0 Å². The summed E-state index contributed by atoms with van der Waals surface area (Å²) in [7, 11) is 0. The topological polar surface area (TPSA) is 0 Å². The van der Waals surface area contributed by atoms with E-state index in [1.165, 1.54) is 44.9 Å². The van der Waals surface area contributed by atoms with Crippen molar-refractivity contribution in [1.82, 2.24) is 0 Å². The molecule has 0 N–H and O–H groups in total. The third kappa shape index (κ3) is 11.6. The Morgan fingerprint density at radius 1 is 0.786 bits per heavy atom. The van der Waals surface area contributed by atoms with Crippen LogP contribution in [-0.2, 0) is 0 Å². The van der Waals surface area contributed by atoms with E-state index in [2.05, 4.69) is 25.7 Å². The maximum Gasteiger partial charge on any atom is 0.00886 e. The Balaban J connectivity index is 3.03. The zero-order chi connectivity index (χ0) is 10.5. The first kappa shape index (κ1) is 13.6. The Morgan fingerprint density at radius 3 is 1.86 bits per heavy atom. The maximum atomic E-state index is 3.83. The minimum absolute atomic E-state index is 1.07. The van der Waals surface area contributed by atoms with Gasteiger partial charge in [-0.2, -0.15) is 0 Å². The van der Waals surface area contributed by atoms with E-state index in [0.717, 1.165) is 19.3 Å². The first-order valence-electron chi connectivity index (χ1n) is 6.16. The number of rotatable bonds is 8. The van der Waals surface area contributed by atoms with Crippen LogP contribution in [-0.4, -0.2) is 0 Å². The molecule has 0 heterocycles. The first-order chi connectivity index (χ1) is 6.91. The largest absolute Gasteiger partial charge is 0.103 e. The van der Waals surface area contributed by atoms with Crippen molar-refractivity contribution in [3.8, 4) is 11.8 Å². The fraction of sp³-hybridized carbons (Fsp3) is 0.786. The zero-order valence-electron chi connectivity index (χ0n) is 9.78. The molecule has 81 valence electrons. The molecule has 0 aliphatic rings. The summed E-state index contributed by atoms with van der Waals surface area (Å²) in [5.74, 6) is 6.51. The van der Waals surface area contributed by atoms with Crippen molar-refractivity contribution in [3.05, 3.63) is 6.92 Å². The molecular formula is C14H25. The Morgan fingerprint density at radius 2 is 1.36 bits per heavy atom. The molecular weight excluding hydrogens is 168 g/mol. The van der Waals surface area contributed by atoms with Gasteiger partial charge in [0.1, 0.15) is 0 Å². The Bertz CT molecular complexity index is 131. The van der Waals surface area contributed by atoms with Gasteiger partial charge in [0, 0.05) is 12.8 Å². The van der Waals surface area contributed by atoms with Gasteiger partial charge in [0.25, 0.3) is 0 Å². The van der Waals surface area contributed by atoms with Gasteiger partial charge in [-0.15, -0.1) is 11.8 Å². The van der Waals surface area contributed by atoms with Crippen LogP contribution in [0, 0.1) is 18.8 Å². The van der Waals surface area contributed by atoms with E-state index in [0.29, 0.717) is 0 Å². The van der Waals surface area contributed by atoms with E-state index in [4.69, 9.17) is 0 Å². The highest BCUT2D eigenvalue weighted by molar-refractivity contribution is 4.98. The van der Waals surface area contributed by atoms with Crippen LogP contribution in [0.25, 0.3) is 0 Å². The molecule has 0 aliphatic carbocycles. The first-order valence-corrected chi connectivity index (χ1v) is 6.16. The summed E-state index contributed by atoms with van der Waals surface area (Å²) < 4.78 is 0. The predicted octanol–water partition coefficient (Wildman–Crippen LogP) is 4.74. The molecule has 0 atom stereocenters. The zero-order valence-corrected chi connectivity index (χ0v) is 9.78. The lowest BCUT2D eigenvalue weighted by atomic mass is 10.1. The van der Waals surface area contributed by atoms with Gasteiger partial charge in [-0.25, -0.2) is 0 Å². The van der Waals surface area contributed by atoms with Crippen LogP contribution in [0.4, 0.5) is 0 Å². The second kappa shape index (κ2) is 12.6. The minimum atomic E-state index is 1.07. The van der Waals surface area contributed by atoms with Crippen molar-refractivity contribution in [3.63, 3.8) is 0 Å². The molecule has 0 saturated carbocycles. The van der Waals surface area contributed by atoms with Crippen molar-refractivity contribution in [2.75, 3.05) is 0 Å². The van der Waals surface area contributed by atoms with E-state index in [9.17, 15) is 0 Å². The molecule has 0 aromatic rings. The molecule has 0 fully saturated rings. The number of hydrogen-bond acceptors (Lipinski definition) is 0. The SMILES string of the molecule is [CH2]CCCCCC#CCCCCCC. The van der Waals surface area contributed by atoms with Crippen LogP contribution in [0.1, 0.15) is 71.1 Å². The van der Waals surface area contributed by atoms with Crippen molar-refractivity contribution < 1.29 is 0 Å². The van der Waals surface area contributed by atoms with E-state index >= 15 is 0 Å². The quantitative estimate of drug-likeness (QED) is 0.385. The fourth-order valence-electron chi connectivity index (χ4n) is 1.38. The van der Waals surface area contributed by atoms with Crippen LogP contribution in [0.3, 0.4) is 0 Å². The van der Waals surface area contributed by atoms with E-state index < -0.39 is 0 Å². The highest BCUT2D eigenvalue weighted by atomic mass is 13.9. The summed E-state index contributed by atoms with van der Waals surface area (Å²) in [6.07, 6.45) is 12.4. The van der Waals surface area contributed by atoms with Gasteiger partial charge in [-0.1, -0.05) is 52.4 Å². The van der Waals surface area contributed by atoms with Crippen LogP contribution in [0.5, 0.6) is 0 Å². The normalized spacial score (nSPS) is 9.57. The number of hydrogen-bond donors (Lipinski definition) is 0. The van der Waals surface area contributed by atoms with Crippen molar-refractivity contribution >= 4 is 0 Å². The van der Waals surface area contributed by atoms with Crippen LogP contribution >= 0.6 is 0 Å².